The second-order valence-electron chi connectivity index (χ2n) is 5.98. The highest BCUT2D eigenvalue weighted by Crippen LogP contribution is 2.39. The molecule has 0 aliphatic rings. The Labute approximate surface area is 169 Å². The Kier molecular flexibility index (Phi) is 5.29. The average molecular weight is 421 g/mol. The highest BCUT2D eigenvalue weighted by atomic mass is 35.5. The summed E-state index contributed by atoms with van der Waals surface area (Å²) in [6.07, 6.45) is 0.553. The maximum Gasteiger partial charge on any atom is 0.271 e. The van der Waals surface area contributed by atoms with E-state index in [1.807, 2.05) is 13.0 Å². The van der Waals surface area contributed by atoms with Gasteiger partial charge >= 0.3 is 0 Å². The van der Waals surface area contributed by atoms with Crippen molar-refractivity contribution in [3.63, 3.8) is 0 Å². The van der Waals surface area contributed by atoms with Crippen molar-refractivity contribution in [2.24, 2.45) is 0 Å². The van der Waals surface area contributed by atoms with Crippen molar-refractivity contribution < 1.29 is 9.90 Å². The molecule has 0 spiro atoms. The van der Waals surface area contributed by atoms with E-state index in [-0.39, 0.29) is 33.1 Å². The van der Waals surface area contributed by atoms with E-state index in [0.29, 0.717) is 16.8 Å². The molecule has 0 saturated heterocycles. The fraction of sp³-hybridized carbons (Fsp3) is 0.211. The van der Waals surface area contributed by atoms with Gasteiger partial charge < -0.3 is 5.11 Å². The summed E-state index contributed by atoms with van der Waals surface area (Å²) in [5.41, 5.74) is -0.715. The quantitative estimate of drug-likeness (QED) is 0.608. The van der Waals surface area contributed by atoms with Crippen molar-refractivity contribution in [2.45, 2.75) is 26.8 Å². The third kappa shape index (κ3) is 3.12. The Morgan fingerprint density at radius 1 is 1.37 bits per heavy atom. The number of rotatable bonds is 4. The zero-order chi connectivity index (χ0) is 19.9. The molecule has 3 aromatic rings. The summed E-state index contributed by atoms with van der Waals surface area (Å²) in [6.45, 7) is 3.49. The van der Waals surface area contributed by atoms with Crippen LogP contribution in [0.5, 0.6) is 5.88 Å². The molecule has 0 aliphatic carbocycles. The van der Waals surface area contributed by atoms with Crippen molar-refractivity contribution in [3.05, 3.63) is 60.2 Å². The second-order valence-corrected chi connectivity index (χ2v) is 7.85. The molecule has 0 unspecified atom stereocenters. The third-order valence-corrected chi connectivity index (χ3v) is 6.16. The van der Waals surface area contributed by atoms with Gasteiger partial charge in [-0.05, 0) is 31.0 Å². The van der Waals surface area contributed by atoms with Gasteiger partial charge in [0, 0.05) is 21.7 Å². The second kappa shape index (κ2) is 7.35. The third-order valence-electron chi connectivity index (χ3n) is 4.27. The Hall–Kier alpha value is -2.33. The number of aromatic nitrogens is 1. The Balaban J connectivity index is 2.30. The van der Waals surface area contributed by atoms with E-state index in [2.05, 4.69) is 0 Å². The Bertz CT molecular complexity index is 1190. The highest BCUT2D eigenvalue weighted by Gasteiger charge is 2.27. The van der Waals surface area contributed by atoms with Gasteiger partial charge in [-0.3, -0.25) is 14.2 Å². The lowest BCUT2D eigenvalue weighted by Crippen LogP contribution is -2.26. The van der Waals surface area contributed by atoms with Gasteiger partial charge in [-0.15, -0.1) is 11.3 Å². The molecule has 0 bridgehead atoms. The van der Waals surface area contributed by atoms with Crippen LogP contribution in [0.1, 0.15) is 39.7 Å². The van der Waals surface area contributed by atoms with Crippen molar-refractivity contribution in [3.8, 4) is 11.9 Å². The molecule has 3 rings (SSSR count). The number of hydrogen-bond donors (Lipinski definition) is 1. The number of aromatic hydroxyl groups is 1. The van der Waals surface area contributed by atoms with Crippen LogP contribution in [0, 0.1) is 18.3 Å². The Morgan fingerprint density at radius 2 is 2.07 bits per heavy atom. The van der Waals surface area contributed by atoms with Crippen LogP contribution in [-0.2, 0) is 6.54 Å². The van der Waals surface area contributed by atoms with Crippen LogP contribution in [0.15, 0.2) is 23.0 Å². The van der Waals surface area contributed by atoms with Crippen LogP contribution in [0.4, 0.5) is 0 Å². The minimum atomic E-state index is -0.611. The number of hydrogen-bond acceptors (Lipinski definition) is 5. The van der Waals surface area contributed by atoms with Gasteiger partial charge in [-0.2, -0.15) is 5.26 Å². The molecule has 1 aromatic carbocycles. The van der Waals surface area contributed by atoms with Crippen molar-refractivity contribution in [2.75, 3.05) is 0 Å². The normalized spacial score (nSPS) is 10.9. The molecule has 0 amide bonds. The fourth-order valence-electron chi connectivity index (χ4n) is 2.95. The van der Waals surface area contributed by atoms with Crippen molar-refractivity contribution >= 4 is 50.4 Å². The highest BCUT2D eigenvalue weighted by molar-refractivity contribution is 7.21. The van der Waals surface area contributed by atoms with Gasteiger partial charge in [0.2, 0.25) is 11.7 Å². The zero-order valence-corrected chi connectivity index (χ0v) is 16.8. The summed E-state index contributed by atoms with van der Waals surface area (Å²) in [6, 6.07) is 6.94. The summed E-state index contributed by atoms with van der Waals surface area (Å²) in [5.74, 6) is -0.983. The number of carbonyl (C=O) groups is 1. The number of nitriles is 1. The first-order valence-electron chi connectivity index (χ1n) is 8.10. The van der Waals surface area contributed by atoms with E-state index in [4.69, 9.17) is 23.2 Å². The molecule has 0 fully saturated rings. The summed E-state index contributed by atoms with van der Waals surface area (Å²) in [4.78, 5) is 25.8. The summed E-state index contributed by atoms with van der Waals surface area (Å²) in [7, 11) is 0. The molecule has 2 aromatic heterocycles. The molecule has 2 heterocycles. The number of fused-ring (bicyclic) bond motifs is 1. The largest absolute Gasteiger partial charge is 0.494 e. The van der Waals surface area contributed by atoms with E-state index >= 15 is 0 Å². The number of carbonyl (C=O) groups excluding carboxylic acids is 1. The molecule has 0 radical (unpaired) electrons. The molecule has 0 atom stereocenters. The summed E-state index contributed by atoms with van der Waals surface area (Å²) < 4.78 is 1.78. The topological polar surface area (TPSA) is 83.1 Å². The molecule has 8 heteroatoms. The number of thiophene rings is 1. The number of ketones is 1. The van der Waals surface area contributed by atoms with Gasteiger partial charge in [-0.25, -0.2) is 0 Å². The monoisotopic (exact) mass is 420 g/mol. The van der Waals surface area contributed by atoms with E-state index in [1.54, 1.807) is 18.2 Å². The maximum absolute atomic E-state index is 13.2. The van der Waals surface area contributed by atoms with Crippen LogP contribution in [0.2, 0.25) is 10.0 Å². The summed E-state index contributed by atoms with van der Waals surface area (Å²) >= 11 is 13.5. The first-order chi connectivity index (χ1) is 12.8. The van der Waals surface area contributed by atoms with Gasteiger partial charge in [0.1, 0.15) is 11.6 Å². The van der Waals surface area contributed by atoms with Crippen LogP contribution in [0.3, 0.4) is 0 Å². The minimum Gasteiger partial charge on any atom is -0.494 e. The number of nitrogens with zero attached hydrogens (tertiary/aromatic N) is 2. The lowest BCUT2D eigenvalue weighted by atomic mass is 10.0. The SMILES string of the molecule is CCCn1c(O)c(C(=O)c2sc3cc(Cl)ccc3c2Cl)c(C)c(C#N)c1=O. The van der Waals surface area contributed by atoms with Gasteiger partial charge in [0.25, 0.3) is 5.56 Å². The van der Waals surface area contributed by atoms with Crippen molar-refractivity contribution in [1.29, 1.82) is 5.26 Å². The van der Waals surface area contributed by atoms with E-state index < -0.39 is 17.2 Å². The maximum atomic E-state index is 13.2. The fourth-order valence-corrected chi connectivity index (χ4v) is 4.69. The predicted octanol–water partition coefficient (Wildman–Crippen LogP) is 4.90. The average Bonchev–Trinajstić information content (AvgIpc) is 2.95. The molecule has 0 saturated carbocycles. The van der Waals surface area contributed by atoms with Crippen LogP contribution < -0.4 is 5.56 Å². The predicted molar refractivity (Wildman–Crippen MR) is 107 cm³/mol. The Morgan fingerprint density at radius 3 is 2.70 bits per heavy atom. The summed E-state index contributed by atoms with van der Waals surface area (Å²) in [5, 5.41) is 21.4. The number of benzene rings is 1. The van der Waals surface area contributed by atoms with Gasteiger partial charge in [-0.1, -0.05) is 36.2 Å². The van der Waals surface area contributed by atoms with Crippen LogP contribution in [-0.4, -0.2) is 15.5 Å². The van der Waals surface area contributed by atoms with Crippen LogP contribution in [0.25, 0.3) is 10.1 Å². The molecular weight excluding hydrogens is 407 g/mol. The van der Waals surface area contributed by atoms with E-state index in [1.165, 1.54) is 6.92 Å². The lowest BCUT2D eigenvalue weighted by molar-refractivity contribution is 0.103. The number of halogens is 2. The molecular formula is C19H14Cl2N2O3S. The molecule has 27 heavy (non-hydrogen) atoms. The standard InChI is InChI=1S/C19H14Cl2N2O3S/c1-3-6-23-18(25)12(8-22)9(2)14(19(23)26)16(24)17-15(21)11-5-4-10(20)7-13(11)27-17/h4-5,7,26H,3,6H2,1-2H3. The molecule has 0 aliphatic heterocycles. The molecule has 1 N–H and O–H groups in total. The van der Waals surface area contributed by atoms with E-state index in [0.717, 1.165) is 20.6 Å². The van der Waals surface area contributed by atoms with Crippen molar-refractivity contribution in [1.82, 2.24) is 4.57 Å². The smallest absolute Gasteiger partial charge is 0.271 e. The first kappa shape index (κ1) is 19.4. The van der Waals surface area contributed by atoms with Gasteiger partial charge in [0.05, 0.1) is 15.5 Å². The van der Waals surface area contributed by atoms with E-state index in [9.17, 15) is 20.0 Å². The van der Waals surface area contributed by atoms with Gasteiger partial charge in [0.15, 0.2) is 0 Å². The number of pyridine rings is 1. The molecule has 5 nitrogen and oxygen atoms in total. The van der Waals surface area contributed by atoms with Crippen LogP contribution >= 0.6 is 34.5 Å². The first-order valence-corrected chi connectivity index (χ1v) is 9.67. The zero-order valence-electron chi connectivity index (χ0n) is 14.5. The lowest BCUT2D eigenvalue weighted by Gasteiger charge is -2.14. The minimum absolute atomic E-state index is 0.0841. The molecule has 138 valence electrons.